The average molecular weight is 303 g/mol. The Morgan fingerprint density at radius 2 is 1.91 bits per heavy atom. The lowest BCUT2D eigenvalue weighted by Gasteiger charge is -2.59. The molecular formula is C18H25NO3. The van der Waals surface area contributed by atoms with Gasteiger partial charge in [-0.25, -0.2) is 0 Å². The summed E-state index contributed by atoms with van der Waals surface area (Å²) in [5, 5.41) is 10.8. The lowest BCUT2D eigenvalue weighted by atomic mass is 9.47. The van der Waals surface area contributed by atoms with Crippen LogP contribution in [0.1, 0.15) is 58.3 Å². The van der Waals surface area contributed by atoms with Crippen LogP contribution in [0, 0.1) is 17.3 Å². The summed E-state index contributed by atoms with van der Waals surface area (Å²) in [6, 6.07) is 0.133. The van der Waals surface area contributed by atoms with Crippen molar-refractivity contribution in [3.05, 3.63) is 12.3 Å². The quantitative estimate of drug-likeness (QED) is 0.815. The highest BCUT2D eigenvalue weighted by molar-refractivity contribution is 6.38. The standard InChI is InChI=1S/C18H25NO3/c1-2-14-4-3-5-19(14)16(21)15(20)17-7-12-6-13(8-17)10-18(22,9-12)11-17/h3,5,12-14,22H,2,4,6-11H2,1H3. The highest BCUT2D eigenvalue weighted by atomic mass is 16.3. The Morgan fingerprint density at radius 1 is 1.23 bits per heavy atom. The fourth-order valence-corrected chi connectivity index (χ4v) is 5.99. The third kappa shape index (κ3) is 1.99. The third-order valence-electron chi connectivity index (χ3n) is 6.48. The minimum Gasteiger partial charge on any atom is -0.390 e. The Morgan fingerprint density at radius 3 is 2.50 bits per heavy atom. The van der Waals surface area contributed by atoms with Gasteiger partial charge < -0.3 is 10.0 Å². The molecule has 4 aliphatic carbocycles. The van der Waals surface area contributed by atoms with Gasteiger partial charge in [-0.2, -0.15) is 0 Å². The van der Waals surface area contributed by atoms with Crippen LogP contribution in [0.3, 0.4) is 0 Å². The first kappa shape index (κ1) is 14.4. The molecule has 120 valence electrons. The van der Waals surface area contributed by atoms with Crippen LogP contribution < -0.4 is 0 Å². The molecule has 4 nitrogen and oxygen atoms in total. The monoisotopic (exact) mass is 303 g/mol. The SMILES string of the molecule is CCC1CC=CN1C(=O)C(=O)C12CC3CC(CC(O)(C3)C1)C2. The van der Waals surface area contributed by atoms with E-state index in [4.69, 9.17) is 0 Å². The molecule has 0 aromatic heterocycles. The van der Waals surface area contributed by atoms with Crippen molar-refractivity contribution in [3.63, 3.8) is 0 Å². The van der Waals surface area contributed by atoms with Crippen LogP contribution in [-0.2, 0) is 9.59 Å². The smallest absolute Gasteiger partial charge is 0.294 e. The van der Waals surface area contributed by atoms with Gasteiger partial charge in [-0.15, -0.1) is 0 Å². The molecule has 3 atom stereocenters. The summed E-state index contributed by atoms with van der Waals surface area (Å²) < 4.78 is 0. The number of nitrogens with zero attached hydrogens (tertiary/aromatic N) is 1. The molecule has 1 amide bonds. The van der Waals surface area contributed by atoms with Gasteiger partial charge in [0.25, 0.3) is 5.91 Å². The van der Waals surface area contributed by atoms with E-state index in [0.717, 1.165) is 44.9 Å². The van der Waals surface area contributed by atoms with E-state index in [9.17, 15) is 14.7 Å². The lowest BCUT2D eigenvalue weighted by molar-refractivity contribution is -0.180. The van der Waals surface area contributed by atoms with Crippen LogP contribution >= 0.6 is 0 Å². The second kappa shape index (κ2) is 4.67. The van der Waals surface area contributed by atoms with E-state index in [1.165, 1.54) is 0 Å². The van der Waals surface area contributed by atoms with E-state index < -0.39 is 11.0 Å². The maximum Gasteiger partial charge on any atom is 0.294 e. The normalized spacial score (nSPS) is 45.5. The Kier molecular flexibility index (Phi) is 3.06. The van der Waals surface area contributed by atoms with Crippen LogP contribution in [0.4, 0.5) is 0 Å². The Bertz CT molecular complexity index is 539. The van der Waals surface area contributed by atoms with Crippen LogP contribution in [-0.4, -0.2) is 33.3 Å². The molecule has 0 spiro atoms. The molecular weight excluding hydrogens is 278 g/mol. The number of amides is 1. The Balaban J connectivity index is 1.60. The largest absolute Gasteiger partial charge is 0.390 e. The predicted molar refractivity (Wildman–Crippen MR) is 81.8 cm³/mol. The maximum atomic E-state index is 13.1. The summed E-state index contributed by atoms with van der Waals surface area (Å²) in [5.41, 5.74) is -1.27. The molecule has 1 N–H and O–H groups in total. The fourth-order valence-electron chi connectivity index (χ4n) is 5.99. The molecule has 0 aromatic rings. The summed E-state index contributed by atoms with van der Waals surface area (Å²) in [6.07, 6.45) is 10.4. The maximum absolute atomic E-state index is 13.1. The average Bonchev–Trinajstić information content (AvgIpc) is 2.91. The van der Waals surface area contributed by atoms with Crippen molar-refractivity contribution in [2.45, 2.75) is 69.9 Å². The van der Waals surface area contributed by atoms with Crippen molar-refractivity contribution in [2.24, 2.45) is 17.3 Å². The van der Waals surface area contributed by atoms with Crippen LogP contribution in [0.15, 0.2) is 12.3 Å². The number of hydrogen-bond acceptors (Lipinski definition) is 3. The van der Waals surface area contributed by atoms with E-state index in [-0.39, 0.29) is 17.7 Å². The van der Waals surface area contributed by atoms with E-state index in [1.54, 1.807) is 11.1 Å². The van der Waals surface area contributed by atoms with E-state index in [0.29, 0.717) is 18.3 Å². The minimum atomic E-state index is -0.689. The molecule has 1 heterocycles. The van der Waals surface area contributed by atoms with Crippen molar-refractivity contribution in [2.75, 3.05) is 0 Å². The first-order valence-corrected chi connectivity index (χ1v) is 8.71. The van der Waals surface area contributed by atoms with Gasteiger partial charge in [-0.1, -0.05) is 13.0 Å². The summed E-state index contributed by atoms with van der Waals surface area (Å²) >= 11 is 0. The molecule has 4 fully saturated rings. The van der Waals surface area contributed by atoms with Crippen molar-refractivity contribution in [3.8, 4) is 0 Å². The summed E-state index contributed by atoms with van der Waals surface area (Å²) in [5.74, 6) is 0.286. The second-order valence-corrected chi connectivity index (χ2v) is 8.19. The zero-order valence-electron chi connectivity index (χ0n) is 13.3. The first-order valence-electron chi connectivity index (χ1n) is 8.71. The second-order valence-electron chi connectivity index (χ2n) is 8.19. The third-order valence-corrected chi connectivity index (χ3v) is 6.48. The van der Waals surface area contributed by atoms with Crippen molar-refractivity contribution in [1.82, 2.24) is 4.90 Å². The molecule has 4 heteroatoms. The summed E-state index contributed by atoms with van der Waals surface area (Å²) in [6.45, 7) is 2.05. The van der Waals surface area contributed by atoms with Crippen molar-refractivity contribution in [1.29, 1.82) is 0 Å². The number of hydrogen-bond donors (Lipinski definition) is 1. The van der Waals surface area contributed by atoms with Gasteiger partial charge in [0.1, 0.15) is 0 Å². The van der Waals surface area contributed by atoms with Gasteiger partial charge in [0.2, 0.25) is 5.78 Å². The fraction of sp³-hybridized carbons (Fsp3) is 0.778. The van der Waals surface area contributed by atoms with Crippen LogP contribution in [0.5, 0.6) is 0 Å². The zero-order valence-corrected chi connectivity index (χ0v) is 13.3. The first-order chi connectivity index (χ1) is 10.4. The van der Waals surface area contributed by atoms with E-state index in [1.807, 2.05) is 6.08 Å². The lowest BCUT2D eigenvalue weighted by Crippen LogP contribution is -2.60. The molecule has 4 saturated carbocycles. The molecule has 3 unspecified atom stereocenters. The summed E-state index contributed by atoms with van der Waals surface area (Å²) in [4.78, 5) is 27.5. The van der Waals surface area contributed by atoms with Gasteiger partial charge >= 0.3 is 0 Å². The van der Waals surface area contributed by atoms with E-state index >= 15 is 0 Å². The van der Waals surface area contributed by atoms with Gasteiger partial charge in [0, 0.05) is 17.7 Å². The minimum absolute atomic E-state index is 0.133. The van der Waals surface area contributed by atoms with Crippen LogP contribution in [0.2, 0.25) is 0 Å². The molecule has 22 heavy (non-hydrogen) atoms. The molecule has 4 bridgehead atoms. The number of carbonyl (C=O) groups excluding carboxylic acids is 2. The van der Waals surface area contributed by atoms with Crippen LogP contribution in [0.25, 0.3) is 0 Å². The topological polar surface area (TPSA) is 57.6 Å². The molecule has 5 rings (SSSR count). The zero-order chi connectivity index (χ0) is 15.5. The highest BCUT2D eigenvalue weighted by Crippen LogP contribution is 2.62. The Hall–Kier alpha value is -1.16. The molecule has 5 aliphatic rings. The van der Waals surface area contributed by atoms with Gasteiger partial charge in [-0.3, -0.25) is 9.59 Å². The number of aliphatic hydroxyl groups is 1. The summed E-state index contributed by atoms with van der Waals surface area (Å²) in [7, 11) is 0. The highest BCUT2D eigenvalue weighted by Gasteiger charge is 2.61. The van der Waals surface area contributed by atoms with Gasteiger partial charge in [-0.05, 0) is 63.2 Å². The molecule has 0 saturated heterocycles. The number of Topliss-reactive ketones (excluding diaryl/α,β-unsaturated/α-hetero) is 1. The van der Waals surface area contributed by atoms with Gasteiger partial charge in [0.05, 0.1) is 5.60 Å². The molecule has 0 radical (unpaired) electrons. The number of rotatable bonds is 3. The van der Waals surface area contributed by atoms with Gasteiger partial charge in [0.15, 0.2) is 0 Å². The number of ketones is 1. The number of carbonyl (C=O) groups is 2. The molecule has 1 aliphatic heterocycles. The van der Waals surface area contributed by atoms with Crippen molar-refractivity contribution < 1.29 is 14.7 Å². The predicted octanol–water partition coefficient (Wildman–Crippen LogP) is 2.41. The van der Waals surface area contributed by atoms with E-state index in [2.05, 4.69) is 6.92 Å². The van der Waals surface area contributed by atoms with Crippen molar-refractivity contribution >= 4 is 11.7 Å². The Labute approximate surface area is 131 Å². The molecule has 0 aromatic carbocycles.